The minimum atomic E-state index is -0.270. The molecule has 2 fully saturated rings. The van der Waals surface area contributed by atoms with Gasteiger partial charge >= 0.3 is 0 Å². The van der Waals surface area contributed by atoms with Crippen LogP contribution in [0.5, 0.6) is 0 Å². The predicted molar refractivity (Wildman–Crippen MR) is 170 cm³/mol. The Morgan fingerprint density at radius 1 is 0.727 bits per heavy atom. The minimum Gasteiger partial charge on any atom is -0.352 e. The number of fused-ring (bicyclic) bond motifs is 2. The summed E-state index contributed by atoms with van der Waals surface area (Å²) in [4.78, 5) is 75.9. The smallest absolute Gasteiger partial charge is 0.261 e. The number of hydrogen-bond donors (Lipinski definition) is 1. The van der Waals surface area contributed by atoms with Crippen molar-refractivity contribution in [2.45, 2.75) is 45.2 Å². The van der Waals surface area contributed by atoms with Crippen molar-refractivity contribution in [1.82, 2.24) is 20.0 Å². The molecule has 0 bridgehead atoms. The maximum absolute atomic E-state index is 12.3. The molecule has 2 aromatic carbocycles. The number of nitrogens with one attached hydrogen (secondary N) is 1. The van der Waals surface area contributed by atoms with Crippen LogP contribution in [-0.4, -0.2) is 87.2 Å². The number of nitrogens with zero attached hydrogens (tertiary/aromatic N) is 3. The van der Waals surface area contributed by atoms with Crippen molar-refractivity contribution < 1.29 is 28.8 Å². The van der Waals surface area contributed by atoms with Gasteiger partial charge in [-0.05, 0) is 37.1 Å². The van der Waals surface area contributed by atoms with E-state index >= 15 is 0 Å². The van der Waals surface area contributed by atoms with E-state index in [-0.39, 0.29) is 68.0 Å². The van der Waals surface area contributed by atoms with Gasteiger partial charge in [-0.3, -0.25) is 38.6 Å². The third kappa shape index (κ3) is 7.21. The molecule has 44 heavy (non-hydrogen) atoms. The molecule has 10 nitrogen and oxygen atoms in total. The average Bonchev–Trinajstić information content (AvgIpc) is 3.73. The lowest BCUT2D eigenvalue weighted by molar-refractivity contribution is -0.128. The summed E-state index contributed by atoms with van der Waals surface area (Å²) in [5.41, 5.74) is 1.79. The molecule has 0 aromatic heterocycles. The molecule has 4 aliphatic heterocycles. The van der Waals surface area contributed by atoms with Crippen LogP contribution in [0.1, 0.15) is 74.5 Å². The fraction of sp³-hybridized carbons (Fsp3) is 0.333. The molecule has 4 heterocycles. The van der Waals surface area contributed by atoms with Crippen LogP contribution in [0.4, 0.5) is 0 Å². The van der Waals surface area contributed by atoms with E-state index in [4.69, 9.17) is 0 Å². The number of carbonyl (C=O) groups is 6. The molecule has 11 heteroatoms. The lowest BCUT2D eigenvalue weighted by Crippen LogP contribution is -2.44. The van der Waals surface area contributed by atoms with Crippen molar-refractivity contribution in [3.63, 3.8) is 0 Å². The molecule has 2 saturated heterocycles. The number of carbonyl (C=O) groups excluding carboxylic acids is 6. The van der Waals surface area contributed by atoms with Gasteiger partial charge < -0.3 is 10.2 Å². The quantitative estimate of drug-likeness (QED) is 0.269. The molecular weight excluding hydrogens is 628 g/mol. The van der Waals surface area contributed by atoms with Crippen molar-refractivity contribution in [1.29, 1.82) is 0 Å². The second-order valence-electron chi connectivity index (χ2n) is 10.3. The Kier molecular flexibility index (Phi) is 11.9. The van der Waals surface area contributed by atoms with Crippen LogP contribution in [0, 0.1) is 0 Å². The molecule has 2 atom stereocenters. The number of halogens is 1. The molecule has 6 amide bonds. The van der Waals surface area contributed by atoms with Gasteiger partial charge in [0.15, 0.2) is 0 Å². The van der Waals surface area contributed by atoms with Crippen LogP contribution in [-0.2, 0) is 9.59 Å². The van der Waals surface area contributed by atoms with E-state index in [1.54, 1.807) is 65.6 Å². The number of alkyl halides is 1. The summed E-state index contributed by atoms with van der Waals surface area (Å²) in [5, 5.41) is 3.66. The maximum Gasteiger partial charge on any atom is 0.261 e. The molecule has 0 aliphatic carbocycles. The molecule has 6 rings (SSSR count). The molecule has 232 valence electrons. The Hall–Kier alpha value is -4.38. The average molecular weight is 666 g/mol. The van der Waals surface area contributed by atoms with Gasteiger partial charge in [-0.1, -0.05) is 59.8 Å². The summed E-state index contributed by atoms with van der Waals surface area (Å²) in [7, 11) is 0. The number of likely N-dealkylation sites (tertiary alicyclic amines) is 1. The van der Waals surface area contributed by atoms with Gasteiger partial charge in [0.25, 0.3) is 23.6 Å². The lowest BCUT2D eigenvalue weighted by Gasteiger charge is -2.26. The molecule has 0 spiro atoms. The third-order valence-electron chi connectivity index (χ3n) is 7.53. The van der Waals surface area contributed by atoms with Crippen LogP contribution in [0.25, 0.3) is 0 Å². The maximum atomic E-state index is 12.3. The number of allylic oxidation sites excluding steroid dienone is 1. The van der Waals surface area contributed by atoms with Gasteiger partial charge in [-0.15, -0.1) is 13.2 Å². The Morgan fingerprint density at radius 2 is 1.18 bits per heavy atom. The highest BCUT2D eigenvalue weighted by molar-refractivity contribution is 9.09. The summed E-state index contributed by atoms with van der Waals surface area (Å²) < 4.78 is 0. The Balaban J connectivity index is 0.000000212. The van der Waals surface area contributed by atoms with E-state index < -0.39 is 0 Å². The fourth-order valence-electron chi connectivity index (χ4n) is 5.43. The first-order valence-electron chi connectivity index (χ1n) is 14.0. The summed E-state index contributed by atoms with van der Waals surface area (Å²) in [5.74, 6) is -1.04. The highest BCUT2D eigenvalue weighted by Gasteiger charge is 2.40. The largest absolute Gasteiger partial charge is 0.352 e. The Morgan fingerprint density at radius 3 is 1.57 bits per heavy atom. The second-order valence-corrected chi connectivity index (χ2v) is 11.0. The predicted octanol–water partition coefficient (Wildman–Crippen LogP) is 4.22. The summed E-state index contributed by atoms with van der Waals surface area (Å²) in [6.07, 6.45) is 5.72. The molecule has 0 saturated carbocycles. The third-order valence-corrected chi connectivity index (χ3v) is 7.98. The summed E-state index contributed by atoms with van der Waals surface area (Å²) >= 11 is 3.13. The number of imide groups is 2. The molecule has 0 radical (unpaired) electrons. The van der Waals surface area contributed by atoms with Crippen LogP contribution in [0.3, 0.4) is 0 Å². The first kappa shape index (κ1) is 34.1. The SMILES string of the molecule is C.C=CCBr.C=CCN1C(=O)CC[C@H]1CN1C(=O)c2ccccc2C1=O.O=C1CC[C@@H](CN2C(=O)c3ccccc3C2=O)N1. The monoisotopic (exact) mass is 664 g/mol. The Labute approximate surface area is 265 Å². The highest BCUT2D eigenvalue weighted by atomic mass is 79.9. The van der Waals surface area contributed by atoms with Gasteiger partial charge in [0, 0.05) is 43.8 Å². The van der Waals surface area contributed by atoms with Crippen LogP contribution < -0.4 is 5.32 Å². The molecular formula is C33H37BrN4O6. The lowest BCUT2D eigenvalue weighted by atomic mass is 10.1. The normalized spacial score (nSPS) is 19.8. The first-order chi connectivity index (χ1) is 20.7. The van der Waals surface area contributed by atoms with Crippen molar-refractivity contribution in [3.8, 4) is 0 Å². The van der Waals surface area contributed by atoms with Crippen LogP contribution in [0.15, 0.2) is 73.8 Å². The molecule has 0 unspecified atom stereocenters. The van der Waals surface area contributed by atoms with Gasteiger partial charge in [0.05, 0.1) is 28.3 Å². The van der Waals surface area contributed by atoms with Gasteiger partial charge in [-0.25, -0.2) is 0 Å². The van der Waals surface area contributed by atoms with E-state index in [0.29, 0.717) is 54.5 Å². The van der Waals surface area contributed by atoms with Gasteiger partial charge in [0.2, 0.25) is 11.8 Å². The van der Waals surface area contributed by atoms with Crippen LogP contribution >= 0.6 is 15.9 Å². The molecule has 1 N–H and O–H groups in total. The van der Waals surface area contributed by atoms with E-state index in [0.717, 1.165) is 5.33 Å². The number of hydrogen-bond acceptors (Lipinski definition) is 6. The van der Waals surface area contributed by atoms with Crippen LogP contribution in [0.2, 0.25) is 0 Å². The first-order valence-corrected chi connectivity index (χ1v) is 15.1. The van der Waals surface area contributed by atoms with E-state index in [1.165, 1.54) is 9.80 Å². The number of amides is 6. The number of benzene rings is 2. The zero-order chi connectivity index (χ0) is 31.1. The zero-order valence-corrected chi connectivity index (χ0v) is 25.3. The Bertz CT molecular complexity index is 1400. The van der Waals surface area contributed by atoms with E-state index in [2.05, 4.69) is 34.4 Å². The molecule has 4 aliphatic rings. The van der Waals surface area contributed by atoms with E-state index in [9.17, 15) is 28.8 Å². The van der Waals surface area contributed by atoms with Crippen molar-refractivity contribution in [3.05, 3.63) is 96.1 Å². The topological polar surface area (TPSA) is 124 Å². The standard InChI is InChI=1S/C16H16N2O3.C13H12N2O3.C3H5Br.CH4/c1-2-9-17-11(7-8-14(17)19)10-18-15(20)12-5-3-4-6-13(12)16(18)21;16-11-6-5-8(14-11)7-15-12(17)9-3-1-2-4-10(9)13(15)18;1-2-3-4;/h2-6,11H,1,7-10H2;1-4,8H,5-7H2,(H,14,16);2H,1,3H2;1H4/t11-;8-;;/m00../s1. The van der Waals surface area contributed by atoms with E-state index in [1.807, 2.05) is 0 Å². The highest BCUT2D eigenvalue weighted by Crippen LogP contribution is 2.27. The van der Waals surface area contributed by atoms with Crippen molar-refractivity contribution in [2.24, 2.45) is 0 Å². The minimum absolute atomic E-state index is 0. The van der Waals surface area contributed by atoms with Gasteiger partial charge in [-0.2, -0.15) is 0 Å². The number of rotatable bonds is 7. The second kappa shape index (κ2) is 15.4. The van der Waals surface area contributed by atoms with Crippen molar-refractivity contribution in [2.75, 3.05) is 25.0 Å². The molecule has 2 aromatic rings. The zero-order valence-electron chi connectivity index (χ0n) is 23.7. The summed E-state index contributed by atoms with van der Waals surface area (Å²) in [6.45, 7) is 8.05. The van der Waals surface area contributed by atoms with Crippen molar-refractivity contribution >= 4 is 51.4 Å². The summed E-state index contributed by atoms with van der Waals surface area (Å²) in [6, 6.07) is 13.4. The fourth-order valence-corrected chi connectivity index (χ4v) is 5.43. The van der Waals surface area contributed by atoms with Gasteiger partial charge in [0.1, 0.15) is 0 Å².